The van der Waals surface area contributed by atoms with Crippen LogP contribution < -0.4 is 5.32 Å². The van der Waals surface area contributed by atoms with E-state index in [2.05, 4.69) is 27.3 Å². The summed E-state index contributed by atoms with van der Waals surface area (Å²) in [5.74, 6) is -0.875. The molecule has 3 nitrogen and oxygen atoms in total. The number of carbonyl (C=O) groups is 1. The number of halogens is 1. The molecule has 0 radical (unpaired) electrons. The predicted octanol–water partition coefficient (Wildman–Crippen LogP) is 5.09. The Hall–Kier alpha value is -1.59. The van der Waals surface area contributed by atoms with Crippen LogP contribution >= 0.6 is 27.3 Å². The van der Waals surface area contributed by atoms with E-state index >= 15 is 0 Å². The topological polar surface area (TPSA) is 49.3 Å². The fraction of sp³-hybridized carbons (Fsp3) is 0.188. The number of benzene rings is 2. The summed E-state index contributed by atoms with van der Waals surface area (Å²) in [6, 6.07) is 12.1. The third kappa shape index (κ3) is 2.51. The maximum absolute atomic E-state index is 11.2. The first-order chi connectivity index (χ1) is 9.88. The van der Waals surface area contributed by atoms with Gasteiger partial charge in [-0.1, -0.05) is 12.1 Å². The van der Waals surface area contributed by atoms with Gasteiger partial charge in [0.15, 0.2) is 0 Å². The van der Waals surface area contributed by atoms with E-state index in [4.69, 9.17) is 0 Å². The second-order valence-electron chi connectivity index (χ2n) is 5.48. The summed E-state index contributed by atoms with van der Waals surface area (Å²) in [6.07, 6.45) is 0. The Morgan fingerprint density at radius 3 is 2.71 bits per heavy atom. The van der Waals surface area contributed by atoms with Crippen LogP contribution in [0.3, 0.4) is 0 Å². The number of nitrogens with one attached hydrogen (secondary N) is 1. The lowest BCUT2D eigenvalue weighted by Gasteiger charge is -2.22. The van der Waals surface area contributed by atoms with Crippen LogP contribution in [-0.4, -0.2) is 16.6 Å². The molecule has 1 aromatic heterocycles. The van der Waals surface area contributed by atoms with Crippen LogP contribution in [0.2, 0.25) is 0 Å². The number of aliphatic carboxylic acids is 1. The number of thiophene rings is 1. The Kier molecular flexibility index (Phi) is 3.42. The van der Waals surface area contributed by atoms with Crippen molar-refractivity contribution in [3.63, 3.8) is 0 Å². The second kappa shape index (κ2) is 5.00. The van der Waals surface area contributed by atoms with Crippen LogP contribution in [-0.2, 0) is 4.79 Å². The number of rotatable bonds is 3. The Balaban J connectivity index is 2.14. The molecule has 0 amide bonds. The first kappa shape index (κ1) is 14.4. The van der Waals surface area contributed by atoms with E-state index in [1.165, 1.54) is 14.8 Å². The normalized spacial score (nSPS) is 12.0. The van der Waals surface area contributed by atoms with Gasteiger partial charge in [0.25, 0.3) is 0 Å². The van der Waals surface area contributed by atoms with Crippen molar-refractivity contribution in [2.45, 2.75) is 19.4 Å². The molecule has 0 bridgehead atoms. The van der Waals surface area contributed by atoms with Crippen LogP contribution in [0.5, 0.6) is 0 Å². The van der Waals surface area contributed by atoms with Crippen molar-refractivity contribution in [1.29, 1.82) is 0 Å². The number of anilines is 1. The summed E-state index contributed by atoms with van der Waals surface area (Å²) < 4.78 is 3.49. The van der Waals surface area contributed by atoms with Crippen molar-refractivity contribution in [2.75, 3.05) is 5.32 Å². The van der Waals surface area contributed by atoms with Crippen molar-refractivity contribution >= 4 is 59.1 Å². The minimum absolute atomic E-state index is 0.814. The number of hydrogen-bond donors (Lipinski definition) is 2. The monoisotopic (exact) mass is 363 g/mol. The first-order valence-electron chi connectivity index (χ1n) is 6.51. The van der Waals surface area contributed by atoms with Crippen LogP contribution in [0, 0.1) is 0 Å². The van der Waals surface area contributed by atoms with Gasteiger partial charge < -0.3 is 10.4 Å². The molecule has 0 saturated carbocycles. The summed E-state index contributed by atoms with van der Waals surface area (Å²) >= 11 is 5.31. The minimum atomic E-state index is -1.000. The van der Waals surface area contributed by atoms with Gasteiger partial charge in [-0.25, -0.2) is 4.79 Å². The van der Waals surface area contributed by atoms with E-state index in [0.717, 1.165) is 15.5 Å². The van der Waals surface area contributed by atoms with Gasteiger partial charge in [0.1, 0.15) is 5.54 Å². The van der Waals surface area contributed by atoms with Gasteiger partial charge in [0.2, 0.25) is 0 Å². The number of carboxylic acids is 1. The maximum Gasteiger partial charge on any atom is 0.328 e. The average molecular weight is 364 g/mol. The molecular weight excluding hydrogens is 350 g/mol. The van der Waals surface area contributed by atoms with Gasteiger partial charge in [0, 0.05) is 30.3 Å². The van der Waals surface area contributed by atoms with Gasteiger partial charge >= 0.3 is 5.97 Å². The molecule has 0 saturated heterocycles. The zero-order valence-electron chi connectivity index (χ0n) is 11.6. The van der Waals surface area contributed by atoms with E-state index in [0.29, 0.717) is 0 Å². The fourth-order valence-corrected chi connectivity index (χ4v) is 3.95. The molecule has 3 rings (SSSR count). The van der Waals surface area contributed by atoms with Crippen molar-refractivity contribution in [3.05, 3.63) is 40.9 Å². The van der Waals surface area contributed by atoms with Crippen LogP contribution in [0.1, 0.15) is 13.8 Å². The molecule has 0 aliphatic carbocycles. The molecule has 0 unspecified atom stereocenters. The lowest BCUT2D eigenvalue weighted by Crippen LogP contribution is -2.39. The van der Waals surface area contributed by atoms with Gasteiger partial charge in [-0.15, -0.1) is 11.3 Å². The summed E-state index contributed by atoms with van der Waals surface area (Å²) in [6.45, 7) is 3.31. The molecule has 0 spiro atoms. The molecule has 0 aliphatic heterocycles. The average Bonchev–Trinajstić information content (AvgIpc) is 2.78. The molecule has 1 heterocycles. The number of hydrogen-bond acceptors (Lipinski definition) is 3. The summed E-state index contributed by atoms with van der Waals surface area (Å²) in [5, 5.41) is 14.6. The zero-order chi connectivity index (χ0) is 15.2. The maximum atomic E-state index is 11.2. The van der Waals surface area contributed by atoms with Gasteiger partial charge in [-0.3, -0.25) is 0 Å². The Labute approximate surface area is 134 Å². The molecule has 0 fully saturated rings. The molecule has 3 aromatic rings. The largest absolute Gasteiger partial charge is 0.480 e. The molecule has 21 heavy (non-hydrogen) atoms. The molecule has 2 N–H and O–H groups in total. The number of carboxylic acid groups (broad SMARTS) is 1. The molecule has 0 aliphatic rings. The van der Waals surface area contributed by atoms with Crippen molar-refractivity contribution in [2.24, 2.45) is 0 Å². The molecule has 5 heteroatoms. The molecular formula is C16H14BrNO2S. The van der Waals surface area contributed by atoms with E-state index < -0.39 is 11.5 Å². The quantitative estimate of drug-likeness (QED) is 0.680. The first-order valence-corrected chi connectivity index (χ1v) is 8.12. The highest BCUT2D eigenvalue weighted by molar-refractivity contribution is 9.10. The summed E-state index contributed by atoms with van der Waals surface area (Å²) in [5.41, 5.74) is -0.185. The molecule has 0 atom stereocenters. The smallest absolute Gasteiger partial charge is 0.328 e. The predicted molar refractivity (Wildman–Crippen MR) is 92.4 cm³/mol. The summed E-state index contributed by atoms with van der Waals surface area (Å²) in [7, 11) is 0. The molecule has 2 aromatic carbocycles. The Bertz CT molecular complexity index is 854. The molecule has 108 valence electrons. The Morgan fingerprint density at radius 2 is 2.00 bits per heavy atom. The van der Waals surface area contributed by atoms with Gasteiger partial charge in [-0.2, -0.15) is 0 Å². The van der Waals surface area contributed by atoms with Crippen molar-refractivity contribution in [3.8, 4) is 0 Å². The van der Waals surface area contributed by atoms with Crippen LogP contribution in [0.4, 0.5) is 5.69 Å². The highest BCUT2D eigenvalue weighted by Crippen LogP contribution is 2.39. The van der Waals surface area contributed by atoms with Crippen LogP contribution in [0.25, 0.3) is 20.2 Å². The second-order valence-corrected chi connectivity index (χ2v) is 7.39. The fourth-order valence-electron chi connectivity index (χ4n) is 2.26. The number of fused-ring (bicyclic) bond motifs is 3. The van der Waals surface area contributed by atoms with Crippen LogP contribution in [0.15, 0.2) is 40.9 Å². The standard InChI is InChI=1S/C16H14BrNO2S/c1-16(2,15(19)20)18-9-6-7-13-11(8-9)10-4-3-5-12(17)14(10)21-13/h3-8,18H,1-2H3,(H,19,20). The van der Waals surface area contributed by atoms with E-state index in [1.807, 2.05) is 30.3 Å². The third-order valence-electron chi connectivity index (χ3n) is 3.44. The Morgan fingerprint density at radius 1 is 1.24 bits per heavy atom. The SMILES string of the molecule is CC(C)(Nc1ccc2sc3c(Br)cccc3c2c1)C(=O)O. The van der Waals surface area contributed by atoms with E-state index in [1.54, 1.807) is 25.2 Å². The van der Waals surface area contributed by atoms with Gasteiger partial charge in [-0.05, 0) is 54.0 Å². The summed E-state index contributed by atoms with van der Waals surface area (Å²) in [4.78, 5) is 11.2. The minimum Gasteiger partial charge on any atom is -0.480 e. The van der Waals surface area contributed by atoms with E-state index in [-0.39, 0.29) is 0 Å². The zero-order valence-corrected chi connectivity index (χ0v) is 14.0. The third-order valence-corrected chi connectivity index (χ3v) is 5.58. The van der Waals surface area contributed by atoms with Crippen molar-refractivity contribution in [1.82, 2.24) is 0 Å². The van der Waals surface area contributed by atoms with Gasteiger partial charge in [0.05, 0.1) is 0 Å². The lowest BCUT2D eigenvalue weighted by atomic mass is 10.1. The van der Waals surface area contributed by atoms with Crippen molar-refractivity contribution < 1.29 is 9.90 Å². The van der Waals surface area contributed by atoms with E-state index in [9.17, 15) is 9.90 Å². The lowest BCUT2D eigenvalue weighted by molar-refractivity contribution is -0.141. The highest BCUT2D eigenvalue weighted by Gasteiger charge is 2.26. The highest BCUT2D eigenvalue weighted by atomic mass is 79.9.